The van der Waals surface area contributed by atoms with Crippen LogP contribution in [0.2, 0.25) is 5.02 Å². The van der Waals surface area contributed by atoms with Crippen LogP contribution >= 0.6 is 11.6 Å². The highest BCUT2D eigenvalue weighted by molar-refractivity contribution is 6.30. The quantitative estimate of drug-likeness (QED) is 0.809. The minimum Gasteiger partial charge on any atom is -0.466 e. The summed E-state index contributed by atoms with van der Waals surface area (Å²) in [6.07, 6.45) is 1.51. The molecule has 17 heavy (non-hydrogen) atoms. The molecule has 1 amide bonds. The van der Waals surface area contributed by atoms with Crippen molar-refractivity contribution in [3.8, 4) is 5.88 Å². The Kier molecular flexibility index (Phi) is 3.49. The summed E-state index contributed by atoms with van der Waals surface area (Å²) >= 11 is 5.89. The van der Waals surface area contributed by atoms with Crippen molar-refractivity contribution in [3.63, 3.8) is 0 Å². The molecule has 0 unspecified atom stereocenters. The van der Waals surface area contributed by atoms with E-state index in [-0.39, 0.29) is 12.5 Å². The number of hydrogen-bond acceptors (Lipinski definition) is 4. The summed E-state index contributed by atoms with van der Waals surface area (Å²) in [6, 6.07) is 1.70. The van der Waals surface area contributed by atoms with E-state index >= 15 is 0 Å². The van der Waals surface area contributed by atoms with Gasteiger partial charge < -0.3 is 14.5 Å². The maximum Gasteiger partial charge on any atom is 0.265 e. The molecule has 2 heterocycles. The number of pyridine rings is 1. The zero-order valence-corrected chi connectivity index (χ0v) is 10.6. The molecule has 0 atom stereocenters. The van der Waals surface area contributed by atoms with Gasteiger partial charge in [0, 0.05) is 19.3 Å². The van der Waals surface area contributed by atoms with Crippen molar-refractivity contribution in [2.75, 3.05) is 38.7 Å². The Labute approximate surface area is 105 Å². The molecular weight excluding hydrogens is 242 g/mol. The molecule has 2 rings (SSSR count). The molecule has 0 saturated heterocycles. The number of rotatable bonds is 3. The first-order valence-corrected chi connectivity index (χ1v) is 5.69. The minimum absolute atomic E-state index is 0.0368. The third-order valence-corrected chi connectivity index (χ3v) is 2.70. The summed E-state index contributed by atoms with van der Waals surface area (Å²) < 4.78 is 5.25. The summed E-state index contributed by atoms with van der Waals surface area (Å²) in [5.74, 6) is 0.399. The van der Waals surface area contributed by atoms with Gasteiger partial charge in [0.1, 0.15) is 5.69 Å². The first kappa shape index (κ1) is 12.1. The Bertz CT molecular complexity index is 437. The van der Waals surface area contributed by atoms with Gasteiger partial charge in [0.25, 0.3) is 5.91 Å². The molecule has 0 spiro atoms. The Morgan fingerprint density at radius 2 is 2.35 bits per heavy atom. The second-order valence-corrected chi connectivity index (χ2v) is 4.55. The van der Waals surface area contributed by atoms with Gasteiger partial charge in [0.05, 0.1) is 5.02 Å². The van der Waals surface area contributed by atoms with Gasteiger partial charge in [-0.3, -0.25) is 4.79 Å². The molecule has 0 bridgehead atoms. The summed E-state index contributed by atoms with van der Waals surface area (Å²) in [4.78, 5) is 19.5. The van der Waals surface area contributed by atoms with E-state index in [4.69, 9.17) is 16.3 Å². The Morgan fingerprint density at radius 3 is 3.06 bits per heavy atom. The maximum absolute atomic E-state index is 11.8. The van der Waals surface area contributed by atoms with Crippen molar-refractivity contribution in [1.29, 1.82) is 0 Å². The number of carbonyl (C=O) groups excluding carboxylic acids is 1. The molecule has 1 aliphatic rings. The van der Waals surface area contributed by atoms with Crippen LogP contribution in [0.15, 0.2) is 12.3 Å². The average molecular weight is 256 g/mol. The molecule has 92 valence electrons. The Hall–Kier alpha value is -1.33. The molecule has 1 aromatic rings. The summed E-state index contributed by atoms with van der Waals surface area (Å²) in [5, 5.41) is 0.497. The van der Waals surface area contributed by atoms with Crippen LogP contribution in [-0.2, 0) is 4.79 Å². The lowest BCUT2D eigenvalue weighted by atomic mass is 10.3. The van der Waals surface area contributed by atoms with Crippen LogP contribution in [0.3, 0.4) is 0 Å². The number of halogens is 1. The highest BCUT2D eigenvalue weighted by Crippen LogP contribution is 2.31. The monoisotopic (exact) mass is 255 g/mol. The van der Waals surface area contributed by atoms with Crippen molar-refractivity contribution in [3.05, 3.63) is 17.3 Å². The number of anilines is 1. The summed E-state index contributed by atoms with van der Waals surface area (Å²) in [5.41, 5.74) is 0.649. The third kappa shape index (κ3) is 2.68. The van der Waals surface area contributed by atoms with Crippen LogP contribution < -0.4 is 9.64 Å². The van der Waals surface area contributed by atoms with Gasteiger partial charge in [-0.05, 0) is 20.2 Å². The molecule has 1 aromatic heterocycles. The highest BCUT2D eigenvalue weighted by Gasteiger charge is 2.26. The van der Waals surface area contributed by atoms with Crippen LogP contribution in [0.1, 0.15) is 0 Å². The average Bonchev–Trinajstić information content (AvgIpc) is 2.27. The number of carbonyl (C=O) groups is 1. The van der Waals surface area contributed by atoms with E-state index in [0.717, 1.165) is 6.54 Å². The van der Waals surface area contributed by atoms with E-state index in [1.54, 1.807) is 11.0 Å². The lowest BCUT2D eigenvalue weighted by Gasteiger charge is -2.29. The molecule has 0 N–H and O–H groups in total. The van der Waals surface area contributed by atoms with E-state index in [1.165, 1.54) is 6.20 Å². The van der Waals surface area contributed by atoms with Gasteiger partial charge in [0.2, 0.25) is 5.88 Å². The molecule has 6 heteroatoms. The van der Waals surface area contributed by atoms with E-state index in [1.807, 2.05) is 19.0 Å². The van der Waals surface area contributed by atoms with Crippen molar-refractivity contribution in [2.24, 2.45) is 0 Å². The first-order valence-electron chi connectivity index (χ1n) is 5.31. The zero-order chi connectivity index (χ0) is 12.4. The van der Waals surface area contributed by atoms with Crippen molar-refractivity contribution >= 4 is 23.2 Å². The second-order valence-electron chi connectivity index (χ2n) is 4.12. The highest BCUT2D eigenvalue weighted by atomic mass is 35.5. The van der Waals surface area contributed by atoms with E-state index in [0.29, 0.717) is 23.1 Å². The normalized spacial score (nSPS) is 14.8. The predicted octanol–water partition coefficient (Wildman–Crippen LogP) is 1.02. The lowest BCUT2D eigenvalue weighted by Crippen LogP contribution is -2.42. The van der Waals surface area contributed by atoms with Crippen molar-refractivity contribution in [1.82, 2.24) is 9.88 Å². The van der Waals surface area contributed by atoms with Crippen LogP contribution in [0.4, 0.5) is 5.69 Å². The molecule has 5 nitrogen and oxygen atoms in total. The fourth-order valence-corrected chi connectivity index (χ4v) is 1.76. The van der Waals surface area contributed by atoms with Gasteiger partial charge in [0.15, 0.2) is 6.61 Å². The number of fused-ring (bicyclic) bond motifs is 1. The van der Waals surface area contributed by atoms with Gasteiger partial charge in [-0.15, -0.1) is 0 Å². The standard InChI is InChI=1S/C11H14ClN3O2/c1-14(2)3-4-15-9-5-8(12)6-13-11(9)17-7-10(15)16/h5-6H,3-4,7H2,1-2H3. The lowest BCUT2D eigenvalue weighted by molar-refractivity contribution is -0.121. The number of likely N-dealkylation sites (N-methyl/N-ethyl adjacent to an activating group) is 1. The smallest absolute Gasteiger partial charge is 0.265 e. The number of amides is 1. The Balaban J connectivity index is 2.26. The largest absolute Gasteiger partial charge is 0.466 e. The SMILES string of the molecule is CN(C)CCN1C(=O)COc2ncc(Cl)cc21. The van der Waals surface area contributed by atoms with Crippen LogP contribution in [0.5, 0.6) is 5.88 Å². The molecule has 0 radical (unpaired) electrons. The minimum atomic E-state index is -0.0663. The van der Waals surface area contributed by atoms with Crippen molar-refractivity contribution in [2.45, 2.75) is 0 Å². The Morgan fingerprint density at radius 1 is 1.59 bits per heavy atom. The molecule has 0 aromatic carbocycles. The number of hydrogen-bond donors (Lipinski definition) is 0. The van der Waals surface area contributed by atoms with Gasteiger partial charge in [-0.2, -0.15) is 0 Å². The van der Waals surface area contributed by atoms with E-state index in [9.17, 15) is 4.79 Å². The summed E-state index contributed by atoms with van der Waals surface area (Å²) in [6.45, 7) is 1.41. The second kappa shape index (κ2) is 4.89. The number of aromatic nitrogens is 1. The van der Waals surface area contributed by atoms with Gasteiger partial charge in [-0.1, -0.05) is 11.6 Å². The molecule has 0 aliphatic carbocycles. The topological polar surface area (TPSA) is 45.7 Å². The van der Waals surface area contributed by atoms with Crippen LogP contribution in [0.25, 0.3) is 0 Å². The number of nitrogens with zero attached hydrogens (tertiary/aromatic N) is 3. The van der Waals surface area contributed by atoms with Crippen molar-refractivity contribution < 1.29 is 9.53 Å². The first-order chi connectivity index (χ1) is 8.08. The molecule has 0 fully saturated rings. The van der Waals surface area contributed by atoms with Crippen LogP contribution in [-0.4, -0.2) is 49.6 Å². The number of ether oxygens (including phenoxy) is 1. The fourth-order valence-electron chi connectivity index (χ4n) is 1.61. The van der Waals surface area contributed by atoms with Crippen LogP contribution in [0, 0.1) is 0 Å². The third-order valence-electron chi connectivity index (χ3n) is 2.49. The summed E-state index contributed by atoms with van der Waals surface area (Å²) in [7, 11) is 3.92. The molecule has 0 saturated carbocycles. The zero-order valence-electron chi connectivity index (χ0n) is 9.81. The van der Waals surface area contributed by atoms with Gasteiger partial charge >= 0.3 is 0 Å². The molecule has 1 aliphatic heterocycles. The maximum atomic E-state index is 11.8. The fraction of sp³-hybridized carbons (Fsp3) is 0.455. The van der Waals surface area contributed by atoms with E-state index < -0.39 is 0 Å². The van der Waals surface area contributed by atoms with Gasteiger partial charge in [-0.25, -0.2) is 4.98 Å². The molecular formula is C11H14ClN3O2. The van der Waals surface area contributed by atoms with E-state index in [2.05, 4.69) is 4.98 Å². The predicted molar refractivity (Wildman–Crippen MR) is 65.6 cm³/mol.